The van der Waals surface area contributed by atoms with Crippen LogP contribution in [0.4, 0.5) is 4.39 Å². The summed E-state index contributed by atoms with van der Waals surface area (Å²) in [7, 11) is 0. The van der Waals surface area contributed by atoms with E-state index in [-0.39, 0.29) is 5.82 Å². The molecule has 0 bridgehead atoms. The Kier molecular flexibility index (Phi) is 5.44. The Bertz CT molecular complexity index is 857. The van der Waals surface area contributed by atoms with Gasteiger partial charge in [0.2, 0.25) is 0 Å². The SMILES string of the molecule is C=CC1CCC(C2CCc3cc(C#Cc4ccc(F)cc4)ccc3C2)CC1. The topological polar surface area (TPSA) is 0 Å². The van der Waals surface area contributed by atoms with Crippen molar-refractivity contribution in [2.24, 2.45) is 17.8 Å². The van der Waals surface area contributed by atoms with Crippen LogP contribution >= 0.6 is 0 Å². The first-order valence-electron chi connectivity index (χ1n) is 10.2. The third kappa shape index (κ3) is 4.33. The van der Waals surface area contributed by atoms with Gasteiger partial charge >= 0.3 is 0 Å². The first kappa shape index (κ1) is 18.1. The molecular formula is C26H27F. The predicted molar refractivity (Wildman–Crippen MR) is 110 cm³/mol. The Morgan fingerprint density at radius 1 is 0.815 bits per heavy atom. The van der Waals surface area contributed by atoms with Crippen molar-refractivity contribution in [2.45, 2.75) is 44.9 Å². The van der Waals surface area contributed by atoms with Crippen LogP contribution in [-0.2, 0) is 12.8 Å². The zero-order valence-electron chi connectivity index (χ0n) is 15.9. The van der Waals surface area contributed by atoms with Crippen molar-refractivity contribution in [3.05, 3.63) is 83.2 Å². The molecule has 0 radical (unpaired) electrons. The molecule has 1 saturated carbocycles. The smallest absolute Gasteiger partial charge is 0.123 e. The standard InChI is InChI=1S/C26H27F/c1-2-19-5-10-22(11-6-19)24-14-13-23-17-21(7-12-25(23)18-24)4-3-20-8-15-26(27)16-9-20/h2,7-9,12,15-17,19,22,24H,1,5-6,10-11,13-14,18H2. The minimum atomic E-state index is -0.220. The van der Waals surface area contributed by atoms with Crippen molar-refractivity contribution < 1.29 is 4.39 Å². The molecule has 0 aliphatic heterocycles. The molecule has 0 heterocycles. The van der Waals surface area contributed by atoms with E-state index in [2.05, 4.69) is 42.7 Å². The molecule has 0 spiro atoms. The van der Waals surface area contributed by atoms with Crippen molar-refractivity contribution in [3.8, 4) is 11.8 Å². The molecule has 0 aromatic heterocycles. The molecule has 4 rings (SSSR count). The monoisotopic (exact) mass is 358 g/mol. The molecule has 2 aromatic carbocycles. The van der Waals surface area contributed by atoms with Gasteiger partial charge in [-0.05, 0) is 110 Å². The van der Waals surface area contributed by atoms with Crippen LogP contribution in [0.2, 0.25) is 0 Å². The molecule has 0 saturated heterocycles. The molecule has 1 heteroatoms. The maximum Gasteiger partial charge on any atom is 0.123 e. The number of allylic oxidation sites excluding steroid dienone is 1. The molecule has 138 valence electrons. The van der Waals surface area contributed by atoms with Crippen molar-refractivity contribution in [3.63, 3.8) is 0 Å². The summed E-state index contributed by atoms with van der Waals surface area (Å²) in [5.74, 6) is 8.65. The number of hydrogen-bond acceptors (Lipinski definition) is 0. The molecule has 1 atom stereocenters. The van der Waals surface area contributed by atoms with Crippen LogP contribution in [0.5, 0.6) is 0 Å². The van der Waals surface area contributed by atoms with Crippen LogP contribution in [0.15, 0.2) is 55.1 Å². The van der Waals surface area contributed by atoms with Crippen LogP contribution in [0.1, 0.15) is 54.4 Å². The van der Waals surface area contributed by atoms with E-state index in [1.165, 1.54) is 68.2 Å². The zero-order valence-corrected chi connectivity index (χ0v) is 15.9. The van der Waals surface area contributed by atoms with E-state index in [0.29, 0.717) is 0 Å². The van der Waals surface area contributed by atoms with Crippen LogP contribution in [0, 0.1) is 35.4 Å². The maximum atomic E-state index is 13.0. The van der Waals surface area contributed by atoms with Crippen LogP contribution < -0.4 is 0 Å². The lowest BCUT2D eigenvalue weighted by molar-refractivity contribution is 0.206. The number of aryl methyl sites for hydroxylation is 1. The normalized spacial score (nSPS) is 24.4. The summed E-state index contributed by atoms with van der Waals surface area (Å²) in [5.41, 5.74) is 4.90. The van der Waals surface area contributed by atoms with Crippen molar-refractivity contribution in [1.82, 2.24) is 0 Å². The molecular weight excluding hydrogens is 331 g/mol. The van der Waals surface area contributed by atoms with E-state index in [1.54, 1.807) is 12.1 Å². The van der Waals surface area contributed by atoms with Gasteiger partial charge in [-0.1, -0.05) is 24.0 Å². The predicted octanol–water partition coefficient (Wildman–Crippen LogP) is 6.32. The molecule has 0 N–H and O–H groups in total. The number of rotatable bonds is 2. The molecule has 2 aliphatic rings. The van der Waals surface area contributed by atoms with Crippen LogP contribution in [-0.4, -0.2) is 0 Å². The van der Waals surface area contributed by atoms with Crippen molar-refractivity contribution in [2.75, 3.05) is 0 Å². The highest BCUT2D eigenvalue weighted by molar-refractivity contribution is 5.46. The number of halogens is 1. The maximum absolute atomic E-state index is 13.0. The molecule has 2 aromatic rings. The second kappa shape index (κ2) is 8.13. The first-order valence-corrected chi connectivity index (χ1v) is 10.2. The summed E-state index contributed by atoms with van der Waals surface area (Å²) < 4.78 is 13.0. The molecule has 0 nitrogen and oxygen atoms in total. The lowest BCUT2D eigenvalue weighted by Gasteiger charge is -2.36. The summed E-state index contributed by atoms with van der Waals surface area (Å²) in [6.07, 6.45) is 11.3. The van der Waals surface area contributed by atoms with E-state index in [9.17, 15) is 4.39 Å². The van der Waals surface area contributed by atoms with Crippen LogP contribution in [0.3, 0.4) is 0 Å². The summed E-state index contributed by atoms with van der Waals surface area (Å²) in [6, 6.07) is 13.1. The Hall–Kier alpha value is -2.33. The zero-order chi connectivity index (χ0) is 18.6. The minimum absolute atomic E-state index is 0.220. The van der Waals surface area contributed by atoms with Gasteiger partial charge in [0.05, 0.1) is 0 Å². The van der Waals surface area contributed by atoms with Gasteiger partial charge in [-0.2, -0.15) is 0 Å². The summed E-state index contributed by atoms with van der Waals surface area (Å²) in [5, 5.41) is 0. The lowest BCUT2D eigenvalue weighted by atomic mass is 9.70. The number of benzene rings is 2. The van der Waals surface area contributed by atoms with Gasteiger partial charge in [0.1, 0.15) is 5.82 Å². The fourth-order valence-corrected chi connectivity index (χ4v) is 4.79. The second-order valence-electron chi connectivity index (χ2n) is 8.15. The van der Waals surface area contributed by atoms with Crippen LogP contribution in [0.25, 0.3) is 0 Å². The van der Waals surface area contributed by atoms with Crippen molar-refractivity contribution in [1.29, 1.82) is 0 Å². The van der Waals surface area contributed by atoms with E-state index in [1.807, 2.05) is 0 Å². The number of fused-ring (bicyclic) bond motifs is 1. The third-order valence-electron chi connectivity index (χ3n) is 6.48. The van der Waals surface area contributed by atoms with Gasteiger partial charge < -0.3 is 0 Å². The van der Waals surface area contributed by atoms with E-state index >= 15 is 0 Å². The molecule has 2 aliphatic carbocycles. The summed E-state index contributed by atoms with van der Waals surface area (Å²) in [6.45, 7) is 3.97. The molecule has 0 amide bonds. The summed E-state index contributed by atoms with van der Waals surface area (Å²) >= 11 is 0. The highest BCUT2D eigenvalue weighted by Gasteiger charge is 2.29. The van der Waals surface area contributed by atoms with Gasteiger partial charge in [-0.25, -0.2) is 4.39 Å². The third-order valence-corrected chi connectivity index (χ3v) is 6.48. The highest BCUT2D eigenvalue weighted by atomic mass is 19.1. The Morgan fingerprint density at radius 3 is 2.26 bits per heavy atom. The van der Waals surface area contributed by atoms with Gasteiger partial charge in [-0.15, -0.1) is 6.58 Å². The highest BCUT2D eigenvalue weighted by Crippen LogP contribution is 2.39. The van der Waals surface area contributed by atoms with Crippen molar-refractivity contribution >= 4 is 0 Å². The number of hydrogen-bond donors (Lipinski definition) is 0. The van der Waals surface area contributed by atoms with E-state index in [4.69, 9.17) is 0 Å². The quantitative estimate of drug-likeness (QED) is 0.435. The Balaban J connectivity index is 1.43. The second-order valence-corrected chi connectivity index (χ2v) is 8.15. The molecule has 27 heavy (non-hydrogen) atoms. The van der Waals surface area contributed by atoms with Gasteiger partial charge in [0.15, 0.2) is 0 Å². The average Bonchev–Trinajstić information content (AvgIpc) is 2.73. The van der Waals surface area contributed by atoms with Gasteiger partial charge in [0, 0.05) is 11.1 Å². The first-order chi connectivity index (χ1) is 13.2. The molecule has 1 unspecified atom stereocenters. The largest absolute Gasteiger partial charge is 0.207 e. The van der Waals surface area contributed by atoms with Gasteiger partial charge in [-0.3, -0.25) is 0 Å². The Labute approximate surface area is 162 Å². The fourth-order valence-electron chi connectivity index (χ4n) is 4.79. The lowest BCUT2D eigenvalue weighted by Crippen LogP contribution is -2.26. The van der Waals surface area contributed by atoms with E-state index < -0.39 is 0 Å². The fraction of sp³-hybridized carbons (Fsp3) is 0.385. The minimum Gasteiger partial charge on any atom is -0.207 e. The molecule has 1 fully saturated rings. The summed E-state index contributed by atoms with van der Waals surface area (Å²) in [4.78, 5) is 0. The van der Waals surface area contributed by atoms with Gasteiger partial charge in [0.25, 0.3) is 0 Å². The average molecular weight is 359 g/mol. The van der Waals surface area contributed by atoms with E-state index in [0.717, 1.165) is 28.9 Å². The Morgan fingerprint density at radius 2 is 1.52 bits per heavy atom.